The molecule has 0 spiro atoms. The first-order valence-electron chi connectivity index (χ1n) is 19.7. The second-order valence-corrected chi connectivity index (χ2v) is 15.0. The Kier molecular flexibility index (Phi) is 14.2. The van der Waals surface area contributed by atoms with Gasteiger partial charge < -0.3 is 9.80 Å². The highest BCUT2D eigenvalue weighted by Crippen LogP contribution is 2.38. The third-order valence-corrected chi connectivity index (χ3v) is 10.5. The van der Waals surface area contributed by atoms with E-state index in [9.17, 15) is 0 Å². The van der Waals surface area contributed by atoms with Crippen LogP contribution < -0.4 is 9.80 Å². The summed E-state index contributed by atoms with van der Waals surface area (Å²) in [6, 6.07) is 73.4. The Balaban J connectivity index is 0.000000307. The van der Waals surface area contributed by atoms with Crippen molar-refractivity contribution >= 4 is 45.9 Å². The monoisotopic (exact) mass is 760 g/mol. The molecule has 57 heavy (non-hydrogen) atoms. The molecular formula is C54H52N2S. The quantitative estimate of drug-likeness (QED) is 0.145. The van der Waals surface area contributed by atoms with E-state index in [1.165, 1.54) is 43.2 Å². The van der Waals surface area contributed by atoms with Gasteiger partial charge in [0.15, 0.2) is 0 Å². The van der Waals surface area contributed by atoms with E-state index in [1.807, 2.05) is 26.0 Å². The van der Waals surface area contributed by atoms with Crippen molar-refractivity contribution in [2.75, 3.05) is 9.80 Å². The van der Waals surface area contributed by atoms with Gasteiger partial charge in [-0.1, -0.05) is 157 Å². The van der Waals surface area contributed by atoms with Crippen LogP contribution in [0.1, 0.15) is 36.1 Å². The van der Waals surface area contributed by atoms with Crippen molar-refractivity contribution in [2.45, 2.75) is 51.3 Å². The lowest BCUT2D eigenvalue weighted by Crippen LogP contribution is -2.10. The molecule has 3 heteroatoms. The number of hydrogen-bond donors (Lipinski definition) is 0. The molecule has 0 saturated carbocycles. The summed E-state index contributed by atoms with van der Waals surface area (Å²) in [5, 5.41) is 0. The summed E-state index contributed by atoms with van der Waals surface area (Å²) in [5.74, 6) is 0. The van der Waals surface area contributed by atoms with Crippen LogP contribution in [0.2, 0.25) is 0 Å². The van der Waals surface area contributed by atoms with Crippen molar-refractivity contribution in [1.82, 2.24) is 0 Å². The first-order valence-corrected chi connectivity index (χ1v) is 20.6. The number of aryl methyl sites for hydroxylation is 4. The van der Waals surface area contributed by atoms with Gasteiger partial charge in [0.05, 0.1) is 0 Å². The molecule has 0 heterocycles. The predicted molar refractivity (Wildman–Crippen MR) is 249 cm³/mol. The normalized spacial score (nSPS) is 10.4. The molecule has 0 N–H and O–H groups in total. The Morgan fingerprint density at radius 2 is 0.474 bits per heavy atom. The third kappa shape index (κ3) is 10.9. The number of hydrogen-bond acceptors (Lipinski definition) is 3. The second-order valence-electron chi connectivity index (χ2n) is 13.8. The minimum absolute atomic E-state index is 1.13. The van der Waals surface area contributed by atoms with Crippen LogP contribution in [0.3, 0.4) is 0 Å². The van der Waals surface area contributed by atoms with Crippen molar-refractivity contribution in [3.63, 3.8) is 0 Å². The molecule has 0 aliphatic rings. The second kappa shape index (κ2) is 20.0. The highest BCUT2D eigenvalue weighted by Gasteiger charge is 2.15. The molecule has 0 saturated heterocycles. The molecule has 8 aromatic rings. The van der Waals surface area contributed by atoms with E-state index >= 15 is 0 Å². The number of rotatable bonds is 9. The van der Waals surface area contributed by atoms with Gasteiger partial charge in [0.25, 0.3) is 0 Å². The van der Waals surface area contributed by atoms with Crippen LogP contribution in [0, 0.1) is 27.7 Å². The van der Waals surface area contributed by atoms with Crippen LogP contribution in [0.25, 0.3) is 11.1 Å². The van der Waals surface area contributed by atoms with E-state index in [0.29, 0.717) is 0 Å². The van der Waals surface area contributed by atoms with Crippen molar-refractivity contribution in [3.8, 4) is 11.1 Å². The summed E-state index contributed by atoms with van der Waals surface area (Å²) < 4.78 is 0. The zero-order valence-electron chi connectivity index (χ0n) is 33.9. The molecule has 0 aliphatic heterocycles. The van der Waals surface area contributed by atoms with Crippen LogP contribution in [0.15, 0.2) is 216 Å². The predicted octanol–water partition coefficient (Wildman–Crippen LogP) is 16.4. The SMILES string of the molecule is CC.Cc1ccc(N(c2ccc(C)cc2)c2ccc(-c3ccc(N(c4ccc(C)cc4)c4ccc(C)cc4)cc3)cc2)cc1.c1ccc(Sc2ccccc2)cc1. The largest absolute Gasteiger partial charge is 0.311 e. The van der Waals surface area contributed by atoms with Gasteiger partial charge in [-0.25, -0.2) is 0 Å². The Labute approximate surface area is 345 Å². The van der Waals surface area contributed by atoms with Gasteiger partial charge in [0.2, 0.25) is 0 Å². The molecule has 0 radical (unpaired) electrons. The van der Waals surface area contributed by atoms with E-state index in [1.54, 1.807) is 11.8 Å². The lowest BCUT2D eigenvalue weighted by Gasteiger charge is -2.26. The maximum absolute atomic E-state index is 2.31. The first kappa shape index (κ1) is 40.4. The Morgan fingerprint density at radius 3 is 0.702 bits per heavy atom. The average molecular weight is 761 g/mol. The van der Waals surface area contributed by atoms with E-state index in [2.05, 4.69) is 232 Å². The number of benzene rings is 8. The van der Waals surface area contributed by atoms with Crippen molar-refractivity contribution in [2.24, 2.45) is 0 Å². The molecule has 8 rings (SSSR count). The van der Waals surface area contributed by atoms with Crippen LogP contribution in [-0.2, 0) is 0 Å². The van der Waals surface area contributed by atoms with Crippen molar-refractivity contribution in [3.05, 3.63) is 229 Å². The minimum Gasteiger partial charge on any atom is -0.311 e. The molecule has 0 aromatic heterocycles. The molecular weight excluding hydrogens is 709 g/mol. The summed E-state index contributed by atoms with van der Waals surface area (Å²) in [7, 11) is 0. The molecule has 0 amide bonds. The standard InChI is InChI=1S/C40H36N2.C12H10S.C2H6/c1-29-5-17-35(18-6-29)41(36-19-7-30(2)8-20-36)39-25-13-33(14-26-39)34-15-27-40(28-16-34)42(37-21-9-31(3)10-22-37)38-23-11-32(4)12-24-38;1-3-7-11(8-4-1)13-12-9-5-2-6-10-12;1-2/h5-28H,1-4H3;1-10H;1-2H3. The zero-order chi connectivity index (χ0) is 40.0. The van der Waals surface area contributed by atoms with Gasteiger partial charge in [-0.2, -0.15) is 0 Å². The Bertz CT molecular complexity index is 2110. The van der Waals surface area contributed by atoms with Crippen LogP contribution in [0.5, 0.6) is 0 Å². The summed E-state index contributed by atoms with van der Waals surface area (Å²) >= 11 is 1.79. The first-order chi connectivity index (χ1) is 27.9. The van der Waals surface area contributed by atoms with Crippen molar-refractivity contribution in [1.29, 1.82) is 0 Å². The maximum atomic E-state index is 2.31. The molecule has 2 nitrogen and oxygen atoms in total. The molecule has 0 fully saturated rings. The van der Waals surface area contributed by atoms with E-state index in [4.69, 9.17) is 0 Å². The topological polar surface area (TPSA) is 6.48 Å². The number of anilines is 6. The van der Waals surface area contributed by atoms with Gasteiger partial charge in [-0.15, -0.1) is 0 Å². The Hall–Kier alpha value is -6.29. The average Bonchev–Trinajstić information content (AvgIpc) is 3.26. The van der Waals surface area contributed by atoms with Crippen LogP contribution >= 0.6 is 11.8 Å². The summed E-state index contributed by atoms with van der Waals surface area (Å²) in [6.45, 7) is 12.5. The van der Waals surface area contributed by atoms with Gasteiger partial charge in [0.1, 0.15) is 0 Å². The summed E-state index contributed by atoms with van der Waals surface area (Å²) in [6.07, 6.45) is 0. The molecule has 284 valence electrons. The Morgan fingerprint density at radius 1 is 0.263 bits per heavy atom. The lowest BCUT2D eigenvalue weighted by atomic mass is 10.0. The maximum Gasteiger partial charge on any atom is 0.0462 e. The minimum atomic E-state index is 1.13. The highest BCUT2D eigenvalue weighted by molar-refractivity contribution is 7.99. The van der Waals surface area contributed by atoms with Gasteiger partial charge in [0, 0.05) is 43.9 Å². The molecule has 0 unspecified atom stereocenters. The van der Waals surface area contributed by atoms with E-state index in [0.717, 1.165) is 34.1 Å². The molecule has 0 bridgehead atoms. The van der Waals surface area contributed by atoms with E-state index in [-0.39, 0.29) is 0 Å². The molecule has 0 atom stereocenters. The molecule has 0 aliphatic carbocycles. The van der Waals surface area contributed by atoms with Crippen LogP contribution in [-0.4, -0.2) is 0 Å². The fraction of sp³-hybridized carbons (Fsp3) is 0.111. The molecule has 8 aromatic carbocycles. The fourth-order valence-electron chi connectivity index (χ4n) is 6.39. The van der Waals surface area contributed by atoms with Gasteiger partial charge in [-0.3, -0.25) is 0 Å². The highest BCUT2D eigenvalue weighted by atomic mass is 32.2. The van der Waals surface area contributed by atoms with Gasteiger partial charge in [-0.05, 0) is 136 Å². The number of nitrogens with zero attached hydrogens (tertiary/aromatic N) is 2. The summed E-state index contributed by atoms with van der Waals surface area (Å²) in [5.41, 5.74) is 14.3. The van der Waals surface area contributed by atoms with E-state index < -0.39 is 0 Å². The fourth-order valence-corrected chi connectivity index (χ4v) is 7.25. The van der Waals surface area contributed by atoms with Gasteiger partial charge >= 0.3 is 0 Å². The zero-order valence-corrected chi connectivity index (χ0v) is 34.7. The smallest absolute Gasteiger partial charge is 0.0462 e. The summed E-state index contributed by atoms with van der Waals surface area (Å²) in [4.78, 5) is 7.20. The van der Waals surface area contributed by atoms with Crippen LogP contribution in [0.4, 0.5) is 34.1 Å². The van der Waals surface area contributed by atoms with Crippen molar-refractivity contribution < 1.29 is 0 Å². The third-order valence-electron chi connectivity index (χ3n) is 9.48. The lowest BCUT2D eigenvalue weighted by molar-refractivity contribution is 1.26.